The Morgan fingerprint density at radius 3 is 2.70 bits per heavy atom. The van der Waals surface area contributed by atoms with Crippen LogP contribution in [0.2, 0.25) is 5.02 Å². The van der Waals surface area contributed by atoms with Crippen LogP contribution in [0, 0.1) is 10.5 Å². The lowest BCUT2D eigenvalue weighted by Crippen LogP contribution is -2.20. The molecule has 1 atom stereocenters. The van der Waals surface area contributed by atoms with E-state index < -0.39 is 0 Å². The van der Waals surface area contributed by atoms with Gasteiger partial charge < -0.3 is 5.32 Å². The summed E-state index contributed by atoms with van der Waals surface area (Å²) >= 11 is 12.2. The number of hydrogen-bond acceptors (Lipinski definition) is 1. The highest BCUT2D eigenvalue weighted by Gasteiger charge is 2.15. The van der Waals surface area contributed by atoms with E-state index in [1.54, 1.807) is 0 Å². The summed E-state index contributed by atoms with van der Waals surface area (Å²) in [6, 6.07) is 12.8. The van der Waals surface area contributed by atoms with Crippen LogP contribution in [0.5, 0.6) is 0 Å². The van der Waals surface area contributed by atoms with Gasteiger partial charge in [0.1, 0.15) is 0 Å². The first kappa shape index (κ1) is 16.3. The molecule has 0 amide bonds. The Morgan fingerprint density at radius 1 is 1.30 bits per heavy atom. The van der Waals surface area contributed by atoms with Gasteiger partial charge in [0.15, 0.2) is 0 Å². The second kappa shape index (κ2) is 7.25. The lowest BCUT2D eigenvalue weighted by atomic mass is 9.98. The molecule has 0 fully saturated rings. The molecule has 0 radical (unpaired) electrons. The molecule has 0 aliphatic rings. The maximum absolute atomic E-state index is 6.33. The van der Waals surface area contributed by atoms with Crippen LogP contribution in [0.3, 0.4) is 0 Å². The highest BCUT2D eigenvalue weighted by molar-refractivity contribution is 14.1. The molecule has 4 heteroatoms. The van der Waals surface area contributed by atoms with E-state index in [1.165, 1.54) is 14.7 Å². The Morgan fingerprint density at radius 2 is 2.05 bits per heavy atom. The fourth-order valence-corrected chi connectivity index (χ4v) is 3.70. The zero-order chi connectivity index (χ0) is 14.7. The van der Waals surface area contributed by atoms with Crippen molar-refractivity contribution in [1.29, 1.82) is 0 Å². The highest BCUT2D eigenvalue weighted by atomic mass is 127. The fraction of sp³-hybridized carbons (Fsp3) is 0.250. The van der Waals surface area contributed by atoms with Crippen LogP contribution < -0.4 is 5.32 Å². The summed E-state index contributed by atoms with van der Waals surface area (Å²) in [5, 5.41) is 4.21. The average molecular weight is 465 g/mol. The van der Waals surface area contributed by atoms with Crippen molar-refractivity contribution in [2.45, 2.75) is 19.4 Å². The third kappa shape index (κ3) is 3.75. The second-order valence-electron chi connectivity index (χ2n) is 4.76. The van der Waals surface area contributed by atoms with E-state index in [4.69, 9.17) is 11.6 Å². The van der Waals surface area contributed by atoms with Crippen molar-refractivity contribution in [2.24, 2.45) is 0 Å². The van der Waals surface area contributed by atoms with E-state index in [2.05, 4.69) is 75.0 Å². The first-order valence-electron chi connectivity index (χ1n) is 6.39. The minimum atomic E-state index is 0.264. The van der Waals surface area contributed by atoms with Gasteiger partial charge >= 0.3 is 0 Å². The quantitative estimate of drug-likeness (QED) is 0.588. The molecule has 0 heterocycles. The average Bonchev–Trinajstić information content (AvgIpc) is 2.42. The maximum atomic E-state index is 6.33. The van der Waals surface area contributed by atoms with E-state index in [0.29, 0.717) is 0 Å². The number of benzene rings is 2. The van der Waals surface area contributed by atoms with Crippen LogP contribution in [0.15, 0.2) is 40.9 Å². The van der Waals surface area contributed by atoms with Crippen LogP contribution in [0.25, 0.3) is 0 Å². The molecular formula is C16H16BrClIN. The Hall–Kier alpha value is -0.100. The fourth-order valence-electron chi connectivity index (χ4n) is 2.21. The Kier molecular flexibility index (Phi) is 5.90. The predicted molar refractivity (Wildman–Crippen MR) is 98.6 cm³/mol. The first-order chi connectivity index (χ1) is 9.52. The molecule has 20 heavy (non-hydrogen) atoms. The van der Waals surface area contributed by atoms with E-state index in [9.17, 15) is 0 Å². The van der Waals surface area contributed by atoms with Gasteiger partial charge in [-0.25, -0.2) is 0 Å². The minimum Gasteiger partial charge on any atom is -0.313 e. The van der Waals surface area contributed by atoms with Crippen LogP contribution in [0.4, 0.5) is 0 Å². The first-order valence-corrected chi connectivity index (χ1v) is 8.64. The summed E-state index contributed by atoms with van der Waals surface area (Å²) in [7, 11) is 2.00. The molecule has 0 saturated carbocycles. The molecule has 106 valence electrons. The van der Waals surface area contributed by atoms with Gasteiger partial charge in [0, 0.05) is 19.1 Å². The smallest absolute Gasteiger partial charge is 0.0449 e. The monoisotopic (exact) mass is 463 g/mol. The summed E-state index contributed by atoms with van der Waals surface area (Å²) in [6.07, 6.45) is 0.877. The molecule has 2 aromatic rings. The van der Waals surface area contributed by atoms with Gasteiger partial charge in [-0.1, -0.05) is 51.8 Å². The van der Waals surface area contributed by atoms with E-state index in [-0.39, 0.29) is 6.04 Å². The normalized spacial score (nSPS) is 12.4. The number of halogens is 3. The summed E-state index contributed by atoms with van der Waals surface area (Å²) in [6.45, 7) is 2.14. The number of rotatable bonds is 4. The topological polar surface area (TPSA) is 12.0 Å². The van der Waals surface area contributed by atoms with E-state index >= 15 is 0 Å². The van der Waals surface area contributed by atoms with E-state index in [0.717, 1.165) is 21.5 Å². The van der Waals surface area contributed by atoms with Crippen LogP contribution >= 0.6 is 50.1 Å². The van der Waals surface area contributed by atoms with Gasteiger partial charge in [0.05, 0.1) is 0 Å². The molecule has 0 aromatic heterocycles. The van der Waals surface area contributed by atoms with Gasteiger partial charge in [-0.2, -0.15) is 0 Å². The van der Waals surface area contributed by atoms with Crippen molar-refractivity contribution in [3.05, 3.63) is 66.2 Å². The van der Waals surface area contributed by atoms with Gasteiger partial charge in [-0.3, -0.25) is 0 Å². The molecule has 1 nitrogen and oxygen atoms in total. The third-order valence-corrected chi connectivity index (χ3v) is 5.70. The summed E-state index contributed by atoms with van der Waals surface area (Å²) in [5.41, 5.74) is 3.80. The molecule has 0 aliphatic carbocycles. The van der Waals surface area contributed by atoms with Crippen molar-refractivity contribution in [2.75, 3.05) is 7.05 Å². The van der Waals surface area contributed by atoms with Gasteiger partial charge in [-0.05, 0) is 71.8 Å². The molecule has 1 unspecified atom stereocenters. The van der Waals surface area contributed by atoms with Crippen LogP contribution in [0.1, 0.15) is 22.7 Å². The largest absolute Gasteiger partial charge is 0.313 e. The third-order valence-electron chi connectivity index (χ3n) is 3.38. The Bertz CT molecular complexity index is 615. The number of likely N-dealkylation sites (N-methyl/N-ethyl adjacent to an activating group) is 1. The van der Waals surface area contributed by atoms with Crippen LogP contribution in [-0.2, 0) is 6.42 Å². The Balaban J connectivity index is 2.31. The van der Waals surface area contributed by atoms with Crippen molar-refractivity contribution >= 4 is 50.1 Å². The standard InChI is InChI=1S/C16H16BrClIN/c1-10-4-3-5-13(16(10)19)15(20-2)8-11-6-7-12(17)9-14(11)18/h3-7,9,15,20H,8H2,1-2H3. The summed E-state index contributed by atoms with van der Waals surface area (Å²) in [4.78, 5) is 0. The van der Waals surface area contributed by atoms with Crippen molar-refractivity contribution < 1.29 is 0 Å². The SMILES string of the molecule is CNC(Cc1ccc(Br)cc1Cl)c1cccc(C)c1I. The molecule has 0 bridgehead atoms. The summed E-state index contributed by atoms with van der Waals surface area (Å²) in [5.74, 6) is 0. The highest BCUT2D eigenvalue weighted by Crippen LogP contribution is 2.29. The van der Waals surface area contributed by atoms with Gasteiger partial charge in [-0.15, -0.1) is 0 Å². The molecular weight excluding hydrogens is 448 g/mol. The summed E-state index contributed by atoms with van der Waals surface area (Å²) < 4.78 is 2.33. The van der Waals surface area contributed by atoms with Crippen LogP contribution in [-0.4, -0.2) is 7.05 Å². The number of aryl methyl sites for hydroxylation is 1. The minimum absolute atomic E-state index is 0.264. The lowest BCUT2D eigenvalue weighted by Gasteiger charge is -2.20. The van der Waals surface area contributed by atoms with Gasteiger partial charge in [0.2, 0.25) is 0 Å². The van der Waals surface area contributed by atoms with E-state index in [1.807, 2.05) is 19.2 Å². The molecule has 0 spiro atoms. The van der Waals surface area contributed by atoms with Crippen molar-refractivity contribution in [1.82, 2.24) is 5.32 Å². The Labute approximate surface area is 147 Å². The molecule has 2 aromatic carbocycles. The zero-order valence-electron chi connectivity index (χ0n) is 11.4. The number of nitrogens with one attached hydrogen (secondary N) is 1. The van der Waals surface area contributed by atoms with Crippen molar-refractivity contribution in [3.63, 3.8) is 0 Å². The number of hydrogen-bond donors (Lipinski definition) is 1. The van der Waals surface area contributed by atoms with Gasteiger partial charge in [0.25, 0.3) is 0 Å². The maximum Gasteiger partial charge on any atom is 0.0449 e. The second-order valence-corrected chi connectivity index (χ2v) is 7.16. The van der Waals surface area contributed by atoms with Crippen molar-refractivity contribution in [3.8, 4) is 0 Å². The molecule has 2 rings (SSSR count). The zero-order valence-corrected chi connectivity index (χ0v) is 15.9. The molecule has 0 saturated heterocycles. The molecule has 1 N–H and O–H groups in total. The molecule has 0 aliphatic heterocycles. The lowest BCUT2D eigenvalue weighted by molar-refractivity contribution is 0.589. The predicted octanol–water partition coefficient (Wildman–Crippen LogP) is 5.52.